The quantitative estimate of drug-likeness (QED) is 0.867. The van der Waals surface area contributed by atoms with Crippen LogP contribution in [-0.2, 0) is 0 Å². The summed E-state index contributed by atoms with van der Waals surface area (Å²) in [6.07, 6.45) is 4.33. The third-order valence-electron chi connectivity index (χ3n) is 4.17. The molecule has 0 radical (unpaired) electrons. The Balaban J connectivity index is 1.79. The summed E-state index contributed by atoms with van der Waals surface area (Å²) >= 11 is 0. The van der Waals surface area contributed by atoms with Crippen molar-refractivity contribution in [2.45, 2.75) is 19.8 Å². The number of carboxylic acid groups (broad SMARTS) is 1. The molecular formula is C19H20N2O2. The number of hydrogen-bond donors (Lipinski definition) is 1. The molecule has 2 aromatic rings. The predicted octanol–water partition coefficient (Wildman–Crippen LogP) is 4.04. The lowest BCUT2D eigenvalue weighted by Gasteiger charge is -2.18. The fourth-order valence-corrected chi connectivity index (χ4v) is 2.84. The van der Waals surface area contributed by atoms with Gasteiger partial charge in [-0.25, -0.2) is 4.79 Å². The fourth-order valence-electron chi connectivity index (χ4n) is 2.84. The molecule has 0 aliphatic carbocycles. The zero-order valence-electron chi connectivity index (χ0n) is 13.2. The molecule has 0 amide bonds. The molecule has 0 bridgehead atoms. The number of aryl methyl sites for hydroxylation is 1. The summed E-state index contributed by atoms with van der Waals surface area (Å²) in [5, 5.41) is 9.02. The molecular weight excluding hydrogens is 288 g/mol. The molecule has 1 heterocycles. The molecule has 0 atom stereocenters. The van der Waals surface area contributed by atoms with Crippen LogP contribution in [0, 0.1) is 6.92 Å². The van der Waals surface area contributed by atoms with Crippen molar-refractivity contribution in [3.63, 3.8) is 0 Å². The van der Waals surface area contributed by atoms with Gasteiger partial charge in [-0.05, 0) is 61.2 Å². The van der Waals surface area contributed by atoms with E-state index in [0.29, 0.717) is 5.69 Å². The van der Waals surface area contributed by atoms with Crippen molar-refractivity contribution in [2.24, 2.45) is 4.99 Å². The number of carboxylic acids is 1. The first kappa shape index (κ1) is 15.3. The smallest absolute Gasteiger partial charge is 0.335 e. The summed E-state index contributed by atoms with van der Waals surface area (Å²) in [6, 6.07) is 13.1. The minimum atomic E-state index is -0.937. The van der Waals surface area contributed by atoms with Gasteiger partial charge in [0.25, 0.3) is 0 Å². The standard InChI is InChI=1S/C19H20N2O2/c1-14-11-18(21-9-2-3-10-21)8-7-16(14)13-20-17-6-4-5-15(12-17)19(22)23/h4-8,11-13H,2-3,9-10H2,1H3,(H,22,23). The van der Waals surface area contributed by atoms with E-state index < -0.39 is 5.97 Å². The fraction of sp³-hybridized carbons (Fsp3) is 0.263. The van der Waals surface area contributed by atoms with Crippen molar-refractivity contribution in [2.75, 3.05) is 18.0 Å². The van der Waals surface area contributed by atoms with E-state index in [9.17, 15) is 4.79 Å². The van der Waals surface area contributed by atoms with Crippen LogP contribution in [0.5, 0.6) is 0 Å². The van der Waals surface area contributed by atoms with Crippen LogP contribution in [0.4, 0.5) is 11.4 Å². The Morgan fingerprint density at radius 3 is 2.65 bits per heavy atom. The summed E-state index contributed by atoms with van der Waals surface area (Å²) in [6.45, 7) is 4.35. The molecule has 0 spiro atoms. The Morgan fingerprint density at radius 1 is 1.17 bits per heavy atom. The van der Waals surface area contributed by atoms with E-state index in [1.54, 1.807) is 30.5 Å². The number of anilines is 1. The van der Waals surface area contributed by atoms with Crippen molar-refractivity contribution in [3.05, 3.63) is 59.2 Å². The van der Waals surface area contributed by atoms with Gasteiger partial charge in [0.2, 0.25) is 0 Å². The first-order valence-electron chi connectivity index (χ1n) is 7.86. The van der Waals surface area contributed by atoms with Gasteiger partial charge in [0.05, 0.1) is 11.3 Å². The van der Waals surface area contributed by atoms with E-state index in [1.165, 1.54) is 24.1 Å². The highest BCUT2D eigenvalue weighted by Crippen LogP contribution is 2.23. The van der Waals surface area contributed by atoms with E-state index in [2.05, 4.69) is 35.0 Å². The number of aromatic carboxylic acids is 1. The molecule has 4 nitrogen and oxygen atoms in total. The van der Waals surface area contributed by atoms with Gasteiger partial charge in [0.15, 0.2) is 0 Å². The van der Waals surface area contributed by atoms with Gasteiger partial charge in [-0.15, -0.1) is 0 Å². The Bertz CT molecular complexity index is 747. The lowest BCUT2D eigenvalue weighted by atomic mass is 10.1. The zero-order chi connectivity index (χ0) is 16.2. The van der Waals surface area contributed by atoms with Crippen molar-refractivity contribution in [1.82, 2.24) is 0 Å². The second-order valence-electron chi connectivity index (χ2n) is 5.85. The Kier molecular flexibility index (Phi) is 4.42. The third kappa shape index (κ3) is 3.59. The van der Waals surface area contributed by atoms with E-state index in [0.717, 1.165) is 18.7 Å². The van der Waals surface area contributed by atoms with Crippen LogP contribution in [0.15, 0.2) is 47.5 Å². The average Bonchev–Trinajstić information content (AvgIpc) is 3.08. The van der Waals surface area contributed by atoms with Gasteiger partial charge in [0.1, 0.15) is 0 Å². The molecule has 3 rings (SSSR count). The largest absolute Gasteiger partial charge is 0.478 e. The maximum absolute atomic E-state index is 11.0. The van der Waals surface area contributed by atoms with Crippen molar-refractivity contribution in [3.8, 4) is 0 Å². The van der Waals surface area contributed by atoms with E-state index in [4.69, 9.17) is 5.11 Å². The minimum Gasteiger partial charge on any atom is -0.478 e. The van der Waals surface area contributed by atoms with Crippen LogP contribution in [0.1, 0.15) is 34.3 Å². The molecule has 1 saturated heterocycles. The molecule has 4 heteroatoms. The summed E-state index contributed by atoms with van der Waals surface area (Å²) in [7, 11) is 0. The van der Waals surface area contributed by atoms with Crippen molar-refractivity contribution >= 4 is 23.6 Å². The number of hydrogen-bond acceptors (Lipinski definition) is 3. The molecule has 0 unspecified atom stereocenters. The number of aliphatic imine (C=N–C) groups is 1. The summed E-state index contributed by atoms with van der Waals surface area (Å²) in [4.78, 5) is 17.8. The van der Waals surface area contributed by atoms with Crippen LogP contribution in [0.3, 0.4) is 0 Å². The average molecular weight is 308 g/mol. The van der Waals surface area contributed by atoms with E-state index in [1.807, 2.05) is 0 Å². The molecule has 1 aliphatic heterocycles. The third-order valence-corrected chi connectivity index (χ3v) is 4.17. The van der Waals surface area contributed by atoms with Gasteiger partial charge >= 0.3 is 5.97 Å². The molecule has 23 heavy (non-hydrogen) atoms. The first-order chi connectivity index (χ1) is 11.1. The molecule has 0 saturated carbocycles. The van der Waals surface area contributed by atoms with Gasteiger partial charge < -0.3 is 10.0 Å². The molecule has 1 aliphatic rings. The molecule has 118 valence electrons. The van der Waals surface area contributed by atoms with Crippen LogP contribution in [-0.4, -0.2) is 30.4 Å². The number of nitrogens with zero attached hydrogens (tertiary/aromatic N) is 2. The molecule has 1 N–H and O–H groups in total. The molecule has 0 aromatic heterocycles. The molecule has 2 aromatic carbocycles. The second kappa shape index (κ2) is 6.65. The lowest BCUT2D eigenvalue weighted by Crippen LogP contribution is -2.17. The highest BCUT2D eigenvalue weighted by Gasteiger charge is 2.12. The summed E-state index contributed by atoms with van der Waals surface area (Å²) < 4.78 is 0. The maximum Gasteiger partial charge on any atom is 0.335 e. The number of benzene rings is 2. The zero-order valence-corrected chi connectivity index (χ0v) is 13.2. The first-order valence-corrected chi connectivity index (χ1v) is 7.86. The van der Waals surface area contributed by atoms with Gasteiger partial charge in [-0.1, -0.05) is 12.1 Å². The van der Waals surface area contributed by atoms with Crippen LogP contribution >= 0.6 is 0 Å². The predicted molar refractivity (Wildman–Crippen MR) is 93.3 cm³/mol. The maximum atomic E-state index is 11.0. The summed E-state index contributed by atoms with van der Waals surface area (Å²) in [5.41, 5.74) is 4.39. The van der Waals surface area contributed by atoms with Crippen molar-refractivity contribution in [1.29, 1.82) is 0 Å². The number of carbonyl (C=O) groups is 1. The topological polar surface area (TPSA) is 52.9 Å². The lowest BCUT2D eigenvalue weighted by molar-refractivity contribution is 0.0697. The Hall–Kier alpha value is -2.62. The van der Waals surface area contributed by atoms with E-state index >= 15 is 0 Å². The second-order valence-corrected chi connectivity index (χ2v) is 5.85. The van der Waals surface area contributed by atoms with Gasteiger partial charge in [0, 0.05) is 25.0 Å². The SMILES string of the molecule is Cc1cc(N2CCCC2)ccc1C=Nc1cccc(C(=O)O)c1. The monoisotopic (exact) mass is 308 g/mol. The van der Waals surface area contributed by atoms with Gasteiger partial charge in [-0.3, -0.25) is 4.99 Å². The highest BCUT2D eigenvalue weighted by molar-refractivity contribution is 5.89. The van der Waals surface area contributed by atoms with Crippen LogP contribution < -0.4 is 4.90 Å². The molecule has 1 fully saturated rings. The van der Waals surface area contributed by atoms with Crippen molar-refractivity contribution < 1.29 is 9.90 Å². The van der Waals surface area contributed by atoms with Crippen LogP contribution in [0.2, 0.25) is 0 Å². The summed E-state index contributed by atoms with van der Waals surface area (Å²) in [5.74, 6) is -0.937. The Morgan fingerprint density at radius 2 is 1.96 bits per heavy atom. The normalized spacial score (nSPS) is 14.6. The van der Waals surface area contributed by atoms with Crippen LogP contribution in [0.25, 0.3) is 0 Å². The minimum absolute atomic E-state index is 0.251. The Labute approximate surface area is 136 Å². The van der Waals surface area contributed by atoms with E-state index in [-0.39, 0.29) is 5.56 Å². The van der Waals surface area contributed by atoms with Gasteiger partial charge in [-0.2, -0.15) is 0 Å². The number of rotatable bonds is 4. The highest BCUT2D eigenvalue weighted by atomic mass is 16.4.